The number of carboxylic acid groups (broad SMARTS) is 1. The highest BCUT2D eigenvalue weighted by Gasteiger charge is 2.33. The summed E-state index contributed by atoms with van der Waals surface area (Å²) in [6, 6.07) is 14.2. The van der Waals surface area contributed by atoms with Crippen LogP contribution in [0, 0.1) is 11.3 Å². The van der Waals surface area contributed by atoms with Crippen molar-refractivity contribution in [3.05, 3.63) is 59.7 Å². The van der Waals surface area contributed by atoms with Gasteiger partial charge in [-0.15, -0.1) is 0 Å². The molecule has 1 aliphatic rings. The molecule has 0 aliphatic heterocycles. The highest BCUT2D eigenvalue weighted by Crippen LogP contribution is 2.44. The number of nitrogens with one attached hydrogen (secondary N) is 2. The molecule has 3 rings (SSSR count). The van der Waals surface area contributed by atoms with Crippen LogP contribution in [0.25, 0.3) is 11.1 Å². The van der Waals surface area contributed by atoms with Gasteiger partial charge < -0.3 is 20.5 Å². The molecule has 0 bridgehead atoms. The standard InChI is InChI=1S/C28H36N2O5/c1-6-17(2)24(25(31)29-23(26(32)33)15-28(3,4)5)30-27(34)35-16-22-20-13-9-7-11-18(20)19-12-8-10-14-21(19)22/h7-14,17,22-24H,6,15-16H2,1-5H3,(H,29,31)(H,30,34)(H,32,33). The lowest BCUT2D eigenvalue weighted by atomic mass is 9.87. The molecule has 7 nitrogen and oxygen atoms in total. The zero-order chi connectivity index (χ0) is 25.8. The van der Waals surface area contributed by atoms with E-state index in [4.69, 9.17) is 4.74 Å². The zero-order valence-corrected chi connectivity index (χ0v) is 21.1. The van der Waals surface area contributed by atoms with Gasteiger partial charge in [-0.3, -0.25) is 4.79 Å². The normalized spacial score (nSPS) is 15.3. The van der Waals surface area contributed by atoms with E-state index in [9.17, 15) is 19.5 Å². The van der Waals surface area contributed by atoms with Gasteiger partial charge in [0.1, 0.15) is 18.7 Å². The molecule has 0 spiro atoms. The predicted octanol–water partition coefficient (Wildman–Crippen LogP) is 4.95. The quantitative estimate of drug-likeness (QED) is 0.471. The number of hydrogen-bond donors (Lipinski definition) is 3. The van der Waals surface area contributed by atoms with Gasteiger partial charge in [0.2, 0.25) is 5.91 Å². The molecule has 3 unspecified atom stereocenters. The van der Waals surface area contributed by atoms with E-state index in [1.165, 1.54) is 0 Å². The maximum absolute atomic E-state index is 13.0. The number of alkyl carbamates (subject to hydrolysis) is 1. The van der Waals surface area contributed by atoms with Gasteiger partial charge in [0.15, 0.2) is 0 Å². The second-order valence-corrected chi connectivity index (χ2v) is 10.5. The molecule has 0 saturated carbocycles. The van der Waals surface area contributed by atoms with Crippen LogP contribution in [0.3, 0.4) is 0 Å². The van der Waals surface area contributed by atoms with Gasteiger partial charge in [-0.2, -0.15) is 0 Å². The van der Waals surface area contributed by atoms with Crippen molar-refractivity contribution >= 4 is 18.0 Å². The molecular weight excluding hydrogens is 444 g/mol. The average molecular weight is 481 g/mol. The van der Waals surface area contributed by atoms with Crippen molar-refractivity contribution in [2.45, 2.75) is 65.5 Å². The lowest BCUT2D eigenvalue weighted by Crippen LogP contribution is -2.54. The Bertz CT molecular complexity index is 1030. The van der Waals surface area contributed by atoms with E-state index in [1.807, 2.05) is 71.0 Å². The van der Waals surface area contributed by atoms with E-state index >= 15 is 0 Å². The largest absolute Gasteiger partial charge is 0.480 e. The van der Waals surface area contributed by atoms with Crippen molar-refractivity contribution < 1.29 is 24.2 Å². The van der Waals surface area contributed by atoms with E-state index < -0.39 is 30.1 Å². The summed E-state index contributed by atoms with van der Waals surface area (Å²) in [5.41, 5.74) is 4.18. The Morgan fingerprint density at radius 3 is 2.00 bits per heavy atom. The topological polar surface area (TPSA) is 105 Å². The van der Waals surface area contributed by atoms with Crippen LogP contribution in [0.2, 0.25) is 0 Å². The molecule has 0 aromatic heterocycles. The molecule has 35 heavy (non-hydrogen) atoms. The smallest absolute Gasteiger partial charge is 0.407 e. The van der Waals surface area contributed by atoms with E-state index in [2.05, 4.69) is 22.8 Å². The third-order valence-corrected chi connectivity index (χ3v) is 6.54. The van der Waals surface area contributed by atoms with Gasteiger partial charge in [-0.25, -0.2) is 9.59 Å². The van der Waals surface area contributed by atoms with E-state index in [1.54, 1.807) is 0 Å². The van der Waals surface area contributed by atoms with Crippen LogP contribution < -0.4 is 10.6 Å². The number of ether oxygens (including phenoxy) is 1. The Hall–Kier alpha value is -3.35. The molecular formula is C28H36N2O5. The lowest BCUT2D eigenvalue weighted by Gasteiger charge is -2.28. The first-order chi connectivity index (χ1) is 16.5. The first-order valence-corrected chi connectivity index (χ1v) is 12.2. The molecule has 7 heteroatoms. The van der Waals surface area contributed by atoms with Gasteiger partial charge in [-0.05, 0) is 40.0 Å². The summed E-state index contributed by atoms with van der Waals surface area (Å²) in [6.07, 6.45) is 0.195. The van der Waals surface area contributed by atoms with E-state index in [-0.39, 0.29) is 30.3 Å². The molecule has 188 valence electrons. The molecule has 2 aromatic rings. The average Bonchev–Trinajstić information content (AvgIpc) is 3.13. The van der Waals surface area contributed by atoms with Gasteiger partial charge in [-0.1, -0.05) is 89.6 Å². The summed E-state index contributed by atoms with van der Waals surface area (Å²) in [6.45, 7) is 9.63. The van der Waals surface area contributed by atoms with E-state index in [0.717, 1.165) is 22.3 Å². The molecule has 3 atom stereocenters. The number of benzene rings is 2. The van der Waals surface area contributed by atoms with Gasteiger partial charge >= 0.3 is 12.1 Å². The van der Waals surface area contributed by atoms with Crippen molar-refractivity contribution in [3.8, 4) is 11.1 Å². The Balaban J connectivity index is 1.68. The Kier molecular flexibility index (Phi) is 8.20. The number of rotatable bonds is 9. The number of carboxylic acids is 1. The van der Waals surface area contributed by atoms with Crippen molar-refractivity contribution in [3.63, 3.8) is 0 Å². The molecule has 0 fully saturated rings. The van der Waals surface area contributed by atoms with Crippen LogP contribution in [0.5, 0.6) is 0 Å². The molecule has 0 radical (unpaired) electrons. The fourth-order valence-electron chi connectivity index (χ4n) is 4.54. The van der Waals surface area contributed by atoms with E-state index in [0.29, 0.717) is 6.42 Å². The number of aliphatic carboxylic acids is 1. The van der Waals surface area contributed by atoms with Crippen molar-refractivity contribution in [1.82, 2.24) is 10.6 Å². The first-order valence-electron chi connectivity index (χ1n) is 12.2. The third-order valence-electron chi connectivity index (χ3n) is 6.54. The molecule has 2 amide bonds. The summed E-state index contributed by atoms with van der Waals surface area (Å²) in [5, 5.41) is 14.9. The number of carbonyl (C=O) groups is 3. The summed E-state index contributed by atoms with van der Waals surface area (Å²) in [7, 11) is 0. The first kappa shape index (κ1) is 26.3. The number of amides is 2. The maximum Gasteiger partial charge on any atom is 0.407 e. The monoisotopic (exact) mass is 480 g/mol. The number of carbonyl (C=O) groups excluding carboxylic acids is 2. The summed E-state index contributed by atoms with van der Waals surface area (Å²) in [4.78, 5) is 37.5. The van der Waals surface area contributed by atoms with Crippen LogP contribution in [-0.2, 0) is 14.3 Å². The minimum atomic E-state index is -1.10. The van der Waals surface area contributed by atoms with Gasteiger partial charge in [0.25, 0.3) is 0 Å². The van der Waals surface area contributed by atoms with Crippen LogP contribution in [0.4, 0.5) is 4.79 Å². The zero-order valence-electron chi connectivity index (χ0n) is 21.1. The fourth-order valence-corrected chi connectivity index (χ4v) is 4.54. The predicted molar refractivity (Wildman–Crippen MR) is 135 cm³/mol. The van der Waals surface area contributed by atoms with Gasteiger partial charge in [0, 0.05) is 5.92 Å². The summed E-state index contributed by atoms with van der Waals surface area (Å²) < 4.78 is 5.60. The van der Waals surface area contributed by atoms with Crippen molar-refractivity contribution in [2.24, 2.45) is 11.3 Å². The molecule has 1 aliphatic carbocycles. The Morgan fingerprint density at radius 2 is 1.51 bits per heavy atom. The minimum Gasteiger partial charge on any atom is -0.480 e. The van der Waals surface area contributed by atoms with Crippen LogP contribution >= 0.6 is 0 Å². The fraction of sp³-hybridized carbons (Fsp3) is 0.464. The van der Waals surface area contributed by atoms with Gasteiger partial charge in [0.05, 0.1) is 0 Å². The Morgan fingerprint density at radius 1 is 0.971 bits per heavy atom. The molecule has 0 saturated heterocycles. The van der Waals surface area contributed by atoms with Crippen LogP contribution in [0.15, 0.2) is 48.5 Å². The third kappa shape index (κ3) is 6.41. The molecule has 2 aromatic carbocycles. The summed E-state index contributed by atoms with van der Waals surface area (Å²) >= 11 is 0. The minimum absolute atomic E-state index is 0.0906. The molecule has 3 N–H and O–H groups in total. The van der Waals surface area contributed by atoms with Crippen LogP contribution in [-0.4, -0.2) is 41.8 Å². The van der Waals surface area contributed by atoms with Crippen molar-refractivity contribution in [1.29, 1.82) is 0 Å². The number of fused-ring (bicyclic) bond motifs is 3. The molecule has 0 heterocycles. The highest BCUT2D eigenvalue weighted by molar-refractivity contribution is 5.89. The maximum atomic E-state index is 13.0. The summed E-state index contributed by atoms with van der Waals surface area (Å²) in [5.74, 6) is -1.92. The lowest BCUT2D eigenvalue weighted by molar-refractivity contribution is -0.143. The second-order valence-electron chi connectivity index (χ2n) is 10.5. The van der Waals surface area contributed by atoms with Crippen molar-refractivity contribution in [2.75, 3.05) is 6.61 Å². The van der Waals surface area contributed by atoms with Crippen LogP contribution in [0.1, 0.15) is 64.5 Å². The SMILES string of the molecule is CCC(C)C(NC(=O)OCC1c2ccccc2-c2ccccc21)C(=O)NC(CC(C)(C)C)C(=O)O. The Labute approximate surface area is 207 Å². The second kappa shape index (κ2) is 10.9. The number of hydrogen-bond acceptors (Lipinski definition) is 4. The highest BCUT2D eigenvalue weighted by atomic mass is 16.5.